The fraction of sp³-hybridized carbons (Fsp3) is 0.444. The van der Waals surface area contributed by atoms with Crippen molar-refractivity contribution in [2.45, 2.75) is 37.5 Å². The van der Waals surface area contributed by atoms with Crippen LogP contribution in [-0.4, -0.2) is 84.1 Å². The average Bonchev–Trinajstić information content (AvgIpc) is 3.57. The smallest absolute Gasteiger partial charge is 0.256 e. The van der Waals surface area contributed by atoms with Crippen molar-refractivity contribution in [1.29, 1.82) is 0 Å². The predicted molar refractivity (Wildman–Crippen MR) is 134 cm³/mol. The topological polar surface area (TPSA) is 79.4 Å². The second-order valence-corrected chi connectivity index (χ2v) is 9.89. The van der Waals surface area contributed by atoms with E-state index in [1.165, 1.54) is 0 Å². The number of methoxy groups -OCH3 is 1. The van der Waals surface area contributed by atoms with Gasteiger partial charge in [0, 0.05) is 44.6 Å². The average molecular weight is 512 g/mol. The van der Waals surface area contributed by atoms with Gasteiger partial charge in [-0.3, -0.25) is 19.3 Å². The minimum Gasteiger partial charge on any atom is -0.497 e. The van der Waals surface area contributed by atoms with Gasteiger partial charge in [0.1, 0.15) is 17.5 Å². The molecule has 3 heterocycles. The summed E-state index contributed by atoms with van der Waals surface area (Å²) < 4.78 is 11.5. The molecule has 3 aliphatic heterocycles. The molecule has 5 rings (SSSR count). The zero-order valence-electron chi connectivity index (χ0n) is 20.3. The van der Waals surface area contributed by atoms with Gasteiger partial charge in [0.15, 0.2) is 0 Å². The summed E-state index contributed by atoms with van der Waals surface area (Å²) >= 11 is 6.25. The van der Waals surface area contributed by atoms with Gasteiger partial charge in [0.25, 0.3) is 11.8 Å². The first-order valence-corrected chi connectivity index (χ1v) is 12.8. The quantitative estimate of drug-likeness (QED) is 0.628. The SMILES string of the molecule is COc1ccc(C(=O)N2C(C(=O)N3CCCC3)COC23CCN(C(=O)c2ccccc2Cl)CC3)cc1. The summed E-state index contributed by atoms with van der Waals surface area (Å²) in [6.07, 6.45) is 2.76. The van der Waals surface area contributed by atoms with E-state index in [0.717, 1.165) is 12.8 Å². The first-order valence-electron chi connectivity index (χ1n) is 12.4. The van der Waals surface area contributed by atoms with Crippen LogP contribution in [0.1, 0.15) is 46.4 Å². The highest BCUT2D eigenvalue weighted by molar-refractivity contribution is 6.33. The third-order valence-electron chi connectivity index (χ3n) is 7.46. The number of halogens is 1. The van der Waals surface area contributed by atoms with E-state index in [9.17, 15) is 14.4 Å². The Morgan fingerprint density at radius 2 is 1.58 bits per heavy atom. The Balaban J connectivity index is 1.40. The summed E-state index contributed by atoms with van der Waals surface area (Å²) in [6.45, 7) is 2.33. The van der Waals surface area contributed by atoms with Gasteiger partial charge in [-0.15, -0.1) is 0 Å². The predicted octanol–water partition coefficient (Wildman–Crippen LogP) is 3.44. The van der Waals surface area contributed by atoms with E-state index >= 15 is 0 Å². The van der Waals surface area contributed by atoms with Crippen LogP contribution in [0.5, 0.6) is 5.75 Å². The fourth-order valence-electron chi connectivity index (χ4n) is 5.44. The molecule has 9 heteroatoms. The van der Waals surface area contributed by atoms with Crippen LogP contribution >= 0.6 is 11.6 Å². The summed E-state index contributed by atoms with van der Waals surface area (Å²) in [5.41, 5.74) is -0.0286. The normalized spacial score (nSPS) is 21.2. The summed E-state index contributed by atoms with van der Waals surface area (Å²) in [5, 5.41) is 0.410. The molecule has 0 aliphatic carbocycles. The van der Waals surface area contributed by atoms with Crippen molar-refractivity contribution in [1.82, 2.24) is 14.7 Å². The van der Waals surface area contributed by atoms with E-state index in [4.69, 9.17) is 21.1 Å². The van der Waals surface area contributed by atoms with Crippen LogP contribution in [0.4, 0.5) is 0 Å². The van der Waals surface area contributed by atoms with Gasteiger partial charge in [-0.2, -0.15) is 0 Å². The van der Waals surface area contributed by atoms with Gasteiger partial charge in [-0.1, -0.05) is 23.7 Å². The van der Waals surface area contributed by atoms with E-state index in [1.807, 2.05) is 4.90 Å². The van der Waals surface area contributed by atoms with Crippen molar-refractivity contribution in [3.05, 3.63) is 64.7 Å². The lowest BCUT2D eigenvalue weighted by atomic mass is 9.96. The van der Waals surface area contributed by atoms with Crippen LogP contribution < -0.4 is 4.74 Å². The molecule has 3 fully saturated rings. The summed E-state index contributed by atoms with van der Waals surface area (Å²) in [6, 6.07) is 13.2. The molecule has 2 aromatic carbocycles. The highest BCUT2D eigenvalue weighted by Gasteiger charge is 2.55. The lowest BCUT2D eigenvalue weighted by Crippen LogP contribution is -2.60. The molecule has 36 heavy (non-hydrogen) atoms. The molecule has 0 N–H and O–H groups in total. The number of hydrogen-bond donors (Lipinski definition) is 0. The van der Waals surface area contributed by atoms with E-state index < -0.39 is 11.8 Å². The van der Waals surface area contributed by atoms with Crippen molar-refractivity contribution < 1.29 is 23.9 Å². The maximum atomic E-state index is 13.9. The summed E-state index contributed by atoms with van der Waals surface area (Å²) in [4.78, 5) is 45.7. The van der Waals surface area contributed by atoms with Crippen LogP contribution in [0.25, 0.3) is 0 Å². The van der Waals surface area contributed by atoms with Crippen LogP contribution in [-0.2, 0) is 9.53 Å². The number of carbonyl (C=O) groups excluding carboxylic acids is 3. The number of benzene rings is 2. The molecule has 1 unspecified atom stereocenters. The molecule has 3 amide bonds. The Kier molecular flexibility index (Phi) is 6.90. The Morgan fingerprint density at radius 3 is 2.22 bits per heavy atom. The minimum absolute atomic E-state index is 0.0687. The second-order valence-electron chi connectivity index (χ2n) is 9.48. The van der Waals surface area contributed by atoms with Gasteiger partial charge < -0.3 is 19.3 Å². The highest BCUT2D eigenvalue weighted by atomic mass is 35.5. The van der Waals surface area contributed by atoms with Gasteiger partial charge in [-0.25, -0.2) is 0 Å². The molecule has 8 nitrogen and oxygen atoms in total. The number of hydrogen-bond acceptors (Lipinski definition) is 5. The first kappa shape index (κ1) is 24.6. The number of likely N-dealkylation sites (tertiary alicyclic amines) is 2. The zero-order chi connectivity index (χ0) is 25.3. The second kappa shape index (κ2) is 10.1. The van der Waals surface area contributed by atoms with Crippen molar-refractivity contribution in [2.24, 2.45) is 0 Å². The monoisotopic (exact) mass is 511 g/mol. The highest BCUT2D eigenvalue weighted by Crippen LogP contribution is 2.40. The van der Waals surface area contributed by atoms with Gasteiger partial charge >= 0.3 is 0 Å². The standard InChI is InChI=1S/C27H30ClN3O5/c1-35-20-10-8-19(9-11-20)24(32)31-23(26(34)29-14-4-5-15-29)18-36-27(31)12-16-30(17-13-27)25(33)21-6-2-3-7-22(21)28/h2-3,6-11,23H,4-5,12-18H2,1H3. The molecule has 3 aliphatic rings. The van der Waals surface area contributed by atoms with Gasteiger partial charge in [-0.05, 0) is 49.2 Å². The molecule has 2 aromatic rings. The molecule has 1 atom stereocenters. The Hall–Kier alpha value is -3.10. The molecular formula is C27H30ClN3O5. The van der Waals surface area contributed by atoms with Crippen molar-refractivity contribution >= 4 is 29.3 Å². The number of nitrogens with zero attached hydrogens (tertiary/aromatic N) is 3. The van der Waals surface area contributed by atoms with Crippen LogP contribution in [0.15, 0.2) is 48.5 Å². The third-order valence-corrected chi connectivity index (χ3v) is 7.78. The van der Waals surface area contributed by atoms with Crippen LogP contribution in [0, 0.1) is 0 Å². The van der Waals surface area contributed by atoms with Crippen molar-refractivity contribution in [3.63, 3.8) is 0 Å². The number of piperidine rings is 1. The lowest BCUT2D eigenvalue weighted by molar-refractivity contribution is -0.136. The Bertz CT molecular complexity index is 1140. The summed E-state index contributed by atoms with van der Waals surface area (Å²) in [7, 11) is 1.57. The molecule has 0 aromatic heterocycles. The molecule has 190 valence electrons. The van der Waals surface area contributed by atoms with Gasteiger partial charge in [0.05, 0.1) is 24.3 Å². The molecule has 0 saturated carbocycles. The van der Waals surface area contributed by atoms with E-state index in [1.54, 1.807) is 65.4 Å². The third kappa shape index (κ3) is 4.44. The van der Waals surface area contributed by atoms with Crippen LogP contribution in [0.3, 0.4) is 0 Å². The number of rotatable bonds is 4. The maximum Gasteiger partial charge on any atom is 0.256 e. The van der Waals surface area contributed by atoms with Crippen molar-refractivity contribution in [2.75, 3.05) is 39.9 Å². The maximum absolute atomic E-state index is 13.9. The zero-order valence-corrected chi connectivity index (χ0v) is 21.1. The van der Waals surface area contributed by atoms with E-state index in [-0.39, 0.29) is 24.3 Å². The van der Waals surface area contributed by atoms with Gasteiger partial charge in [0.2, 0.25) is 5.91 Å². The number of ether oxygens (including phenoxy) is 2. The molecule has 3 saturated heterocycles. The Labute approximate surface area is 215 Å². The van der Waals surface area contributed by atoms with E-state index in [0.29, 0.717) is 60.9 Å². The molecular weight excluding hydrogens is 482 g/mol. The molecule has 0 radical (unpaired) electrons. The largest absolute Gasteiger partial charge is 0.497 e. The Morgan fingerprint density at radius 1 is 0.917 bits per heavy atom. The van der Waals surface area contributed by atoms with E-state index in [2.05, 4.69) is 0 Å². The molecule has 0 bridgehead atoms. The molecule has 1 spiro atoms. The fourth-order valence-corrected chi connectivity index (χ4v) is 5.66. The summed E-state index contributed by atoms with van der Waals surface area (Å²) in [5.74, 6) is 0.181. The lowest BCUT2D eigenvalue weighted by Gasteiger charge is -2.44. The number of amides is 3. The number of carbonyl (C=O) groups is 3. The van der Waals surface area contributed by atoms with Crippen molar-refractivity contribution in [3.8, 4) is 5.75 Å². The first-order chi connectivity index (χ1) is 17.4. The minimum atomic E-state index is -0.950. The van der Waals surface area contributed by atoms with Crippen LogP contribution in [0.2, 0.25) is 5.02 Å².